The van der Waals surface area contributed by atoms with E-state index in [1.807, 2.05) is 30.3 Å². The van der Waals surface area contributed by atoms with Crippen LogP contribution in [0.3, 0.4) is 0 Å². The third-order valence-electron chi connectivity index (χ3n) is 2.83. The van der Waals surface area contributed by atoms with Crippen LogP contribution in [0.4, 0.5) is 24.8 Å². The van der Waals surface area contributed by atoms with E-state index < -0.39 is 11.7 Å². The van der Waals surface area contributed by atoms with Crippen LogP contribution in [0.2, 0.25) is 0 Å². The zero-order chi connectivity index (χ0) is 15.3. The van der Waals surface area contributed by atoms with E-state index in [-0.39, 0.29) is 11.6 Å². The topological polar surface area (TPSA) is 37.0 Å². The summed E-state index contributed by atoms with van der Waals surface area (Å²) in [7, 11) is 0. The highest BCUT2D eigenvalue weighted by Gasteiger charge is 2.31. The summed E-state index contributed by atoms with van der Waals surface area (Å²) >= 11 is 0. The minimum atomic E-state index is -4.39. The summed E-state index contributed by atoms with van der Waals surface area (Å²) in [6, 6.07) is 11.5. The molecular formula is C15H16F3N3. The Kier molecular flexibility index (Phi) is 4.67. The van der Waals surface area contributed by atoms with Gasteiger partial charge in [0.25, 0.3) is 0 Å². The van der Waals surface area contributed by atoms with Gasteiger partial charge < -0.3 is 10.6 Å². The maximum Gasteiger partial charge on any atom is 0.416 e. The lowest BCUT2D eigenvalue weighted by molar-refractivity contribution is -0.137. The minimum absolute atomic E-state index is 0.199. The molecule has 112 valence electrons. The van der Waals surface area contributed by atoms with Crippen molar-refractivity contribution >= 4 is 11.6 Å². The van der Waals surface area contributed by atoms with Crippen LogP contribution < -0.4 is 10.6 Å². The van der Waals surface area contributed by atoms with Gasteiger partial charge in [-0.15, -0.1) is 0 Å². The fourth-order valence-electron chi connectivity index (χ4n) is 1.84. The molecule has 1 aromatic heterocycles. The molecule has 0 aliphatic heterocycles. The Morgan fingerprint density at radius 2 is 1.62 bits per heavy atom. The first-order valence-electron chi connectivity index (χ1n) is 6.60. The van der Waals surface area contributed by atoms with Crippen LogP contribution in [-0.4, -0.2) is 11.5 Å². The zero-order valence-corrected chi connectivity index (χ0v) is 11.5. The van der Waals surface area contributed by atoms with E-state index in [2.05, 4.69) is 15.6 Å². The molecule has 0 amide bonds. The van der Waals surface area contributed by atoms with E-state index in [0.29, 0.717) is 13.1 Å². The van der Waals surface area contributed by atoms with Crippen LogP contribution in [-0.2, 0) is 12.7 Å². The summed E-state index contributed by atoms with van der Waals surface area (Å²) in [6.07, 6.45) is -4.39. The van der Waals surface area contributed by atoms with E-state index in [1.165, 1.54) is 0 Å². The second-order valence-electron chi connectivity index (χ2n) is 4.49. The predicted molar refractivity (Wildman–Crippen MR) is 77.2 cm³/mol. The van der Waals surface area contributed by atoms with Crippen molar-refractivity contribution in [2.24, 2.45) is 0 Å². The van der Waals surface area contributed by atoms with E-state index >= 15 is 0 Å². The molecule has 1 heterocycles. The van der Waals surface area contributed by atoms with Crippen LogP contribution in [0.5, 0.6) is 0 Å². The fraction of sp³-hybridized carbons (Fsp3) is 0.267. The first-order valence-corrected chi connectivity index (χ1v) is 6.60. The molecule has 6 heteroatoms. The normalized spacial score (nSPS) is 11.2. The standard InChI is InChI=1S/C15H16F3N3/c1-2-19-13-8-12(15(16,17)18)9-14(21-13)20-10-11-6-4-3-5-7-11/h3-9H,2,10H2,1H3,(H2,19,20,21). The Morgan fingerprint density at radius 3 is 2.19 bits per heavy atom. The number of halogens is 3. The summed E-state index contributed by atoms with van der Waals surface area (Å²) in [5.74, 6) is 0.410. The Balaban J connectivity index is 2.19. The molecule has 2 rings (SSSR count). The molecule has 0 aliphatic rings. The molecule has 0 aliphatic carbocycles. The van der Waals surface area contributed by atoms with Crippen LogP contribution in [0.25, 0.3) is 0 Å². The van der Waals surface area contributed by atoms with Gasteiger partial charge in [0.15, 0.2) is 0 Å². The van der Waals surface area contributed by atoms with Gasteiger partial charge in [0.1, 0.15) is 11.6 Å². The fourth-order valence-corrected chi connectivity index (χ4v) is 1.84. The second kappa shape index (κ2) is 6.47. The number of aromatic nitrogens is 1. The average molecular weight is 295 g/mol. The lowest BCUT2D eigenvalue weighted by atomic mass is 10.2. The van der Waals surface area contributed by atoms with Crippen molar-refractivity contribution < 1.29 is 13.2 Å². The summed E-state index contributed by atoms with van der Waals surface area (Å²) < 4.78 is 38.6. The van der Waals surface area contributed by atoms with E-state index in [4.69, 9.17) is 0 Å². The van der Waals surface area contributed by atoms with E-state index in [9.17, 15) is 13.2 Å². The first-order chi connectivity index (χ1) is 9.99. The molecular weight excluding hydrogens is 279 g/mol. The van der Waals surface area contributed by atoms with Gasteiger partial charge in [-0.05, 0) is 24.6 Å². The predicted octanol–water partition coefficient (Wildman–Crippen LogP) is 4.14. The van der Waals surface area contributed by atoms with Crippen molar-refractivity contribution in [1.29, 1.82) is 0 Å². The lowest BCUT2D eigenvalue weighted by Crippen LogP contribution is -2.10. The van der Waals surface area contributed by atoms with Crippen molar-refractivity contribution in [2.45, 2.75) is 19.6 Å². The quantitative estimate of drug-likeness (QED) is 0.870. The molecule has 0 unspecified atom stereocenters. The largest absolute Gasteiger partial charge is 0.416 e. The number of hydrogen-bond donors (Lipinski definition) is 2. The highest BCUT2D eigenvalue weighted by Crippen LogP contribution is 2.32. The molecule has 1 aromatic carbocycles. The molecule has 2 N–H and O–H groups in total. The van der Waals surface area contributed by atoms with Crippen molar-refractivity contribution in [1.82, 2.24) is 4.98 Å². The monoisotopic (exact) mass is 295 g/mol. The molecule has 21 heavy (non-hydrogen) atoms. The van der Waals surface area contributed by atoms with Gasteiger partial charge in [-0.25, -0.2) is 4.98 Å². The van der Waals surface area contributed by atoms with Gasteiger partial charge in [-0.1, -0.05) is 30.3 Å². The number of alkyl halides is 3. The minimum Gasteiger partial charge on any atom is -0.370 e. The Hall–Kier alpha value is -2.24. The molecule has 3 nitrogen and oxygen atoms in total. The van der Waals surface area contributed by atoms with Crippen molar-refractivity contribution in [3.8, 4) is 0 Å². The van der Waals surface area contributed by atoms with Crippen LogP contribution in [0.15, 0.2) is 42.5 Å². The van der Waals surface area contributed by atoms with Crippen molar-refractivity contribution in [3.05, 3.63) is 53.6 Å². The number of nitrogens with zero attached hydrogens (tertiary/aromatic N) is 1. The second-order valence-corrected chi connectivity index (χ2v) is 4.49. The maximum absolute atomic E-state index is 12.9. The Bertz CT molecular complexity index is 582. The number of anilines is 2. The number of hydrogen-bond acceptors (Lipinski definition) is 3. The summed E-state index contributed by atoms with van der Waals surface area (Å²) in [5, 5.41) is 5.73. The Morgan fingerprint density at radius 1 is 1.00 bits per heavy atom. The van der Waals surface area contributed by atoms with Gasteiger partial charge in [-0.3, -0.25) is 0 Å². The van der Waals surface area contributed by atoms with E-state index in [1.54, 1.807) is 6.92 Å². The smallest absolute Gasteiger partial charge is 0.370 e. The van der Waals surface area contributed by atoms with E-state index in [0.717, 1.165) is 17.7 Å². The molecule has 0 fully saturated rings. The highest BCUT2D eigenvalue weighted by atomic mass is 19.4. The number of nitrogens with one attached hydrogen (secondary N) is 2. The summed E-state index contributed by atoms with van der Waals surface area (Å²) in [4.78, 5) is 4.13. The van der Waals surface area contributed by atoms with Crippen molar-refractivity contribution in [3.63, 3.8) is 0 Å². The SMILES string of the molecule is CCNc1cc(C(F)(F)F)cc(NCc2ccccc2)n1. The number of pyridine rings is 1. The molecule has 2 aromatic rings. The molecule has 0 bridgehead atoms. The van der Waals surface area contributed by atoms with Gasteiger partial charge in [0, 0.05) is 13.1 Å². The van der Waals surface area contributed by atoms with Gasteiger partial charge >= 0.3 is 6.18 Å². The zero-order valence-electron chi connectivity index (χ0n) is 11.5. The summed E-state index contributed by atoms with van der Waals surface area (Å²) in [6.45, 7) is 2.73. The average Bonchev–Trinajstić information content (AvgIpc) is 2.45. The third-order valence-corrected chi connectivity index (χ3v) is 2.83. The number of rotatable bonds is 5. The lowest BCUT2D eigenvalue weighted by Gasteiger charge is -2.13. The molecule has 0 saturated heterocycles. The van der Waals surface area contributed by atoms with Crippen LogP contribution in [0.1, 0.15) is 18.1 Å². The number of benzene rings is 1. The molecule has 0 atom stereocenters. The van der Waals surface area contributed by atoms with Gasteiger partial charge in [0.05, 0.1) is 5.56 Å². The molecule has 0 radical (unpaired) electrons. The first kappa shape index (κ1) is 15.2. The van der Waals surface area contributed by atoms with Crippen LogP contribution >= 0.6 is 0 Å². The van der Waals surface area contributed by atoms with Gasteiger partial charge in [-0.2, -0.15) is 13.2 Å². The molecule has 0 spiro atoms. The highest BCUT2D eigenvalue weighted by molar-refractivity contribution is 5.50. The van der Waals surface area contributed by atoms with Crippen LogP contribution in [0, 0.1) is 0 Å². The van der Waals surface area contributed by atoms with Gasteiger partial charge in [0.2, 0.25) is 0 Å². The Labute approximate surface area is 121 Å². The third kappa shape index (κ3) is 4.37. The van der Waals surface area contributed by atoms with Crippen molar-refractivity contribution in [2.75, 3.05) is 17.2 Å². The summed E-state index contributed by atoms with van der Waals surface area (Å²) in [5.41, 5.74) is 0.255. The maximum atomic E-state index is 12.9. The molecule has 0 saturated carbocycles.